The van der Waals surface area contributed by atoms with E-state index in [1.807, 2.05) is 0 Å². The summed E-state index contributed by atoms with van der Waals surface area (Å²) in [5.41, 5.74) is 10.5. The van der Waals surface area contributed by atoms with Gasteiger partial charge in [-0.3, -0.25) is 19.2 Å². The third-order valence-corrected chi connectivity index (χ3v) is 4.38. The molecule has 29 heavy (non-hydrogen) atoms. The zero-order chi connectivity index (χ0) is 22.7. The molecule has 0 heterocycles. The van der Waals surface area contributed by atoms with Crippen LogP contribution in [0.3, 0.4) is 0 Å². The highest BCUT2D eigenvalue weighted by atomic mass is 32.2. The number of hydrogen-bond donors (Lipinski definition) is 7. The summed E-state index contributed by atoms with van der Waals surface area (Å²) >= 11 is 1.38. The maximum absolute atomic E-state index is 12.5. The summed E-state index contributed by atoms with van der Waals surface area (Å²) in [6.07, 6.45) is -0.0624. The summed E-state index contributed by atoms with van der Waals surface area (Å²) in [5, 5.41) is 25.7. The number of rotatable bonds is 13. The molecule has 0 aromatic heterocycles. The minimum absolute atomic E-state index is 0.125. The Kier molecular flexibility index (Phi) is 11.9. The molecule has 0 aromatic rings. The Labute approximate surface area is 172 Å². The van der Waals surface area contributed by atoms with Crippen LogP contribution in [0, 0.1) is 0 Å². The number of primary amides is 1. The zero-order valence-electron chi connectivity index (χ0n) is 16.5. The fourth-order valence-electron chi connectivity index (χ4n) is 2.13. The van der Waals surface area contributed by atoms with Crippen LogP contribution in [0.15, 0.2) is 0 Å². The number of thioether (sulfide) groups is 1. The largest absolute Gasteiger partial charge is 0.480 e. The Balaban J connectivity index is 5.35. The van der Waals surface area contributed by atoms with Gasteiger partial charge in [0, 0.05) is 0 Å². The van der Waals surface area contributed by atoms with Gasteiger partial charge in [0.25, 0.3) is 0 Å². The van der Waals surface area contributed by atoms with Crippen molar-refractivity contribution in [2.24, 2.45) is 11.5 Å². The average Bonchev–Trinajstić information content (AvgIpc) is 2.60. The molecule has 0 bridgehead atoms. The van der Waals surface area contributed by atoms with Crippen molar-refractivity contribution in [2.45, 2.75) is 57.0 Å². The first-order valence-electron chi connectivity index (χ1n) is 8.75. The number of nitrogens with two attached hydrogens (primary N) is 2. The van der Waals surface area contributed by atoms with Crippen LogP contribution in [0.4, 0.5) is 0 Å². The van der Waals surface area contributed by atoms with Crippen LogP contribution in [0.25, 0.3) is 0 Å². The van der Waals surface area contributed by atoms with E-state index in [0.717, 1.165) is 0 Å². The number of carboxylic acid groups (broad SMARTS) is 1. The number of amides is 4. The van der Waals surface area contributed by atoms with E-state index in [1.54, 1.807) is 6.26 Å². The number of carbonyl (C=O) groups excluding carboxylic acids is 4. The van der Waals surface area contributed by atoms with Crippen molar-refractivity contribution in [1.82, 2.24) is 16.0 Å². The second kappa shape index (κ2) is 13.0. The molecule has 5 atom stereocenters. The maximum atomic E-state index is 12.5. The van der Waals surface area contributed by atoms with Gasteiger partial charge >= 0.3 is 5.97 Å². The highest BCUT2D eigenvalue weighted by molar-refractivity contribution is 7.98. The molecule has 12 nitrogen and oxygen atoms in total. The monoisotopic (exact) mass is 435 g/mol. The van der Waals surface area contributed by atoms with Gasteiger partial charge in [-0.25, -0.2) is 4.79 Å². The van der Waals surface area contributed by atoms with Gasteiger partial charge in [-0.05, 0) is 32.3 Å². The average molecular weight is 436 g/mol. The Morgan fingerprint density at radius 1 is 0.966 bits per heavy atom. The molecule has 9 N–H and O–H groups in total. The van der Waals surface area contributed by atoms with E-state index >= 15 is 0 Å². The molecule has 0 saturated carbocycles. The van der Waals surface area contributed by atoms with Gasteiger partial charge in [0.2, 0.25) is 23.6 Å². The van der Waals surface area contributed by atoms with E-state index in [-0.39, 0.29) is 6.42 Å². The lowest BCUT2D eigenvalue weighted by atomic mass is 10.1. The fourth-order valence-corrected chi connectivity index (χ4v) is 2.60. The summed E-state index contributed by atoms with van der Waals surface area (Å²) in [5.74, 6) is -4.36. The molecule has 13 heteroatoms. The van der Waals surface area contributed by atoms with Crippen molar-refractivity contribution < 1.29 is 34.2 Å². The molecule has 5 unspecified atom stereocenters. The van der Waals surface area contributed by atoms with E-state index in [1.165, 1.54) is 25.6 Å². The first-order chi connectivity index (χ1) is 13.4. The molecule has 0 aliphatic heterocycles. The summed E-state index contributed by atoms with van der Waals surface area (Å²) in [7, 11) is 0. The molecular formula is C16H29N5O7S. The molecule has 4 amide bonds. The number of aliphatic hydroxyl groups excluding tert-OH is 1. The molecule has 0 radical (unpaired) electrons. The lowest BCUT2D eigenvalue weighted by molar-refractivity contribution is -0.142. The van der Waals surface area contributed by atoms with Crippen LogP contribution in [0.2, 0.25) is 0 Å². The first kappa shape index (κ1) is 26.6. The fraction of sp³-hybridized carbons (Fsp3) is 0.688. The highest BCUT2D eigenvalue weighted by Gasteiger charge is 2.32. The van der Waals surface area contributed by atoms with Crippen LogP contribution in [-0.2, 0) is 24.0 Å². The molecule has 0 aromatic carbocycles. The Morgan fingerprint density at radius 2 is 1.52 bits per heavy atom. The zero-order valence-corrected chi connectivity index (χ0v) is 17.3. The molecule has 166 valence electrons. The quantitative estimate of drug-likeness (QED) is 0.155. The van der Waals surface area contributed by atoms with Crippen molar-refractivity contribution in [1.29, 1.82) is 0 Å². The molecule has 0 aliphatic carbocycles. The van der Waals surface area contributed by atoms with Crippen LogP contribution in [-0.4, -0.2) is 82.1 Å². The summed E-state index contributed by atoms with van der Waals surface area (Å²) in [4.78, 5) is 59.2. The lowest BCUT2D eigenvalue weighted by Crippen LogP contribution is -2.60. The number of aliphatic carboxylic acids is 1. The SMILES string of the molecule is CSCCC(NC(=O)C(CC(N)=O)NC(=O)C(NC(=O)C(C)N)C(C)O)C(=O)O. The number of aliphatic hydroxyl groups is 1. The molecule has 0 aliphatic rings. The van der Waals surface area contributed by atoms with Gasteiger partial charge < -0.3 is 37.6 Å². The number of carbonyl (C=O) groups is 5. The standard InChI is InChI=1S/C16H29N5O7S/c1-7(17)13(24)21-12(8(2)22)15(26)20-10(6-11(18)23)14(25)19-9(16(27)28)4-5-29-3/h7-10,12,22H,4-6,17H2,1-3H3,(H2,18,23)(H,19,25)(H,20,26)(H,21,24)(H,27,28). The van der Waals surface area contributed by atoms with Gasteiger partial charge in [0.15, 0.2) is 0 Å². The van der Waals surface area contributed by atoms with Gasteiger partial charge in [-0.2, -0.15) is 11.8 Å². The predicted octanol–water partition coefficient (Wildman–Crippen LogP) is -3.12. The summed E-state index contributed by atoms with van der Waals surface area (Å²) < 4.78 is 0. The van der Waals surface area contributed by atoms with E-state index in [0.29, 0.717) is 5.75 Å². The van der Waals surface area contributed by atoms with E-state index in [4.69, 9.17) is 11.5 Å². The summed E-state index contributed by atoms with van der Waals surface area (Å²) in [6, 6.07) is -5.14. The minimum Gasteiger partial charge on any atom is -0.480 e. The summed E-state index contributed by atoms with van der Waals surface area (Å²) in [6.45, 7) is 2.61. The van der Waals surface area contributed by atoms with Crippen LogP contribution in [0.5, 0.6) is 0 Å². The predicted molar refractivity (Wildman–Crippen MR) is 106 cm³/mol. The molecule has 0 rings (SSSR count). The number of carboxylic acids is 1. The Hall–Kier alpha value is -2.38. The maximum Gasteiger partial charge on any atom is 0.326 e. The van der Waals surface area contributed by atoms with Gasteiger partial charge in [-0.1, -0.05) is 0 Å². The Morgan fingerprint density at radius 3 is 1.93 bits per heavy atom. The van der Waals surface area contributed by atoms with Gasteiger partial charge in [-0.15, -0.1) is 0 Å². The minimum atomic E-state index is -1.50. The molecular weight excluding hydrogens is 406 g/mol. The van der Waals surface area contributed by atoms with Crippen molar-refractivity contribution in [3.8, 4) is 0 Å². The third-order valence-electron chi connectivity index (χ3n) is 3.74. The van der Waals surface area contributed by atoms with Crippen molar-refractivity contribution >= 4 is 41.4 Å². The van der Waals surface area contributed by atoms with Crippen LogP contribution >= 0.6 is 11.8 Å². The number of nitrogens with one attached hydrogen (secondary N) is 3. The topological polar surface area (TPSA) is 214 Å². The molecule has 0 spiro atoms. The first-order valence-corrected chi connectivity index (χ1v) is 10.1. The Bertz CT molecular complexity index is 614. The second-order valence-corrected chi connectivity index (χ2v) is 7.41. The van der Waals surface area contributed by atoms with Crippen molar-refractivity contribution in [3.63, 3.8) is 0 Å². The van der Waals surface area contributed by atoms with Crippen molar-refractivity contribution in [3.05, 3.63) is 0 Å². The lowest BCUT2D eigenvalue weighted by Gasteiger charge is -2.25. The second-order valence-electron chi connectivity index (χ2n) is 6.43. The van der Waals surface area contributed by atoms with Crippen molar-refractivity contribution in [2.75, 3.05) is 12.0 Å². The smallest absolute Gasteiger partial charge is 0.326 e. The van der Waals surface area contributed by atoms with Crippen LogP contribution < -0.4 is 27.4 Å². The van der Waals surface area contributed by atoms with Gasteiger partial charge in [0.05, 0.1) is 18.6 Å². The third kappa shape index (κ3) is 10.1. The van der Waals surface area contributed by atoms with E-state index in [9.17, 15) is 34.2 Å². The van der Waals surface area contributed by atoms with Gasteiger partial charge in [0.1, 0.15) is 18.1 Å². The normalized spacial score (nSPS) is 15.9. The highest BCUT2D eigenvalue weighted by Crippen LogP contribution is 2.04. The van der Waals surface area contributed by atoms with Crippen LogP contribution in [0.1, 0.15) is 26.7 Å². The van der Waals surface area contributed by atoms with E-state index < -0.39 is 66.3 Å². The molecule has 0 saturated heterocycles. The number of hydrogen-bond acceptors (Lipinski definition) is 8. The molecule has 0 fully saturated rings. The van der Waals surface area contributed by atoms with E-state index in [2.05, 4.69) is 16.0 Å².